The van der Waals surface area contributed by atoms with Crippen LogP contribution >= 0.6 is 0 Å². The van der Waals surface area contributed by atoms with Gasteiger partial charge in [-0.15, -0.1) is 0 Å². The fraction of sp³-hybridized carbons (Fsp3) is 0.143. The Kier molecular flexibility index (Phi) is 3.54. The molecule has 0 amide bonds. The Balaban J connectivity index is 1.92. The molecule has 0 fully saturated rings. The van der Waals surface area contributed by atoms with Gasteiger partial charge in [0.2, 0.25) is 0 Å². The first-order valence-electron chi connectivity index (χ1n) is 5.34. The first-order valence-corrected chi connectivity index (χ1v) is 5.34. The van der Waals surface area contributed by atoms with E-state index in [0.29, 0.717) is 6.42 Å². The maximum atomic E-state index is 13.7. The summed E-state index contributed by atoms with van der Waals surface area (Å²) in [6, 6.07) is 19.0. The lowest BCUT2D eigenvalue weighted by Gasteiger charge is -2.11. The third kappa shape index (κ3) is 3.09. The first kappa shape index (κ1) is 10.7. The molecule has 2 rings (SSSR count). The van der Waals surface area contributed by atoms with Crippen molar-refractivity contribution in [3.05, 3.63) is 66.2 Å². The van der Waals surface area contributed by atoms with Crippen molar-refractivity contribution >= 4 is 5.69 Å². The molecule has 0 aromatic heterocycles. The summed E-state index contributed by atoms with van der Waals surface area (Å²) >= 11 is 0. The zero-order valence-electron chi connectivity index (χ0n) is 8.94. The van der Waals surface area contributed by atoms with Gasteiger partial charge in [0.05, 0.1) is 0 Å². The van der Waals surface area contributed by atoms with Crippen LogP contribution in [0.15, 0.2) is 60.7 Å². The monoisotopic (exact) mass is 215 g/mol. The van der Waals surface area contributed by atoms with Crippen LogP contribution in [0.1, 0.15) is 5.56 Å². The Morgan fingerprint density at radius 1 is 0.875 bits per heavy atom. The highest BCUT2D eigenvalue weighted by Gasteiger charge is 2.06. The molecule has 1 atom stereocenters. The van der Waals surface area contributed by atoms with E-state index in [4.69, 9.17) is 0 Å². The molecule has 0 saturated carbocycles. The van der Waals surface area contributed by atoms with Gasteiger partial charge < -0.3 is 5.32 Å². The lowest BCUT2D eigenvalue weighted by molar-refractivity contribution is 0.371. The fourth-order valence-corrected chi connectivity index (χ4v) is 1.59. The van der Waals surface area contributed by atoms with E-state index in [1.54, 1.807) is 0 Å². The van der Waals surface area contributed by atoms with E-state index in [2.05, 4.69) is 5.32 Å². The number of para-hydroxylation sites is 1. The van der Waals surface area contributed by atoms with Crippen LogP contribution in [0, 0.1) is 0 Å². The van der Waals surface area contributed by atoms with Gasteiger partial charge in [0.25, 0.3) is 0 Å². The summed E-state index contributed by atoms with van der Waals surface area (Å²) in [7, 11) is 0. The SMILES string of the molecule is FC(Cc1ccccc1)Nc1ccccc1. The summed E-state index contributed by atoms with van der Waals surface area (Å²) in [6.45, 7) is 0. The van der Waals surface area contributed by atoms with Gasteiger partial charge >= 0.3 is 0 Å². The Hall–Kier alpha value is -1.83. The molecular weight excluding hydrogens is 201 g/mol. The highest BCUT2D eigenvalue weighted by Crippen LogP contribution is 2.11. The Labute approximate surface area is 94.9 Å². The van der Waals surface area contributed by atoms with Crippen LogP contribution in [-0.2, 0) is 6.42 Å². The number of hydrogen-bond donors (Lipinski definition) is 1. The average molecular weight is 215 g/mol. The number of alkyl halides is 1. The van der Waals surface area contributed by atoms with Crippen LogP contribution in [0.3, 0.4) is 0 Å². The predicted molar refractivity (Wildman–Crippen MR) is 65.1 cm³/mol. The smallest absolute Gasteiger partial charge is 0.174 e. The number of anilines is 1. The van der Waals surface area contributed by atoms with Gasteiger partial charge in [0, 0.05) is 12.1 Å². The van der Waals surface area contributed by atoms with E-state index in [1.165, 1.54) is 0 Å². The molecule has 0 saturated heterocycles. The van der Waals surface area contributed by atoms with E-state index in [0.717, 1.165) is 11.3 Å². The van der Waals surface area contributed by atoms with E-state index >= 15 is 0 Å². The molecule has 0 aliphatic carbocycles. The minimum atomic E-state index is -1.05. The highest BCUT2D eigenvalue weighted by atomic mass is 19.1. The summed E-state index contributed by atoms with van der Waals surface area (Å²) in [5, 5.41) is 2.82. The summed E-state index contributed by atoms with van der Waals surface area (Å²) in [6.07, 6.45) is -0.666. The molecule has 0 aliphatic rings. The molecular formula is C14H14FN. The van der Waals surface area contributed by atoms with Crippen molar-refractivity contribution in [2.45, 2.75) is 12.7 Å². The van der Waals surface area contributed by atoms with E-state index in [9.17, 15) is 4.39 Å². The molecule has 1 unspecified atom stereocenters. The molecule has 2 aromatic carbocycles. The van der Waals surface area contributed by atoms with Gasteiger partial charge in [0.15, 0.2) is 6.30 Å². The zero-order chi connectivity index (χ0) is 11.2. The summed E-state index contributed by atoms with van der Waals surface area (Å²) < 4.78 is 13.7. The molecule has 16 heavy (non-hydrogen) atoms. The van der Waals surface area contributed by atoms with Crippen LogP contribution in [0.2, 0.25) is 0 Å². The highest BCUT2D eigenvalue weighted by molar-refractivity contribution is 5.43. The van der Waals surface area contributed by atoms with Crippen molar-refractivity contribution in [3.8, 4) is 0 Å². The minimum Gasteiger partial charge on any atom is -0.356 e. The Bertz CT molecular complexity index is 372. The third-order valence-corrected chi connectivity index (χ3v) is 2.35. The van der Waals surface area contributed by atoms with Gasteiger partial charge in [-0.1, -0.05) is 48.5 Å². The second-order valence-electron chi connectivity index (χ2n) is 3.67. The van der Waals surface area contributed by atoms with Gasteiger partial charge in [-0.2, -0.15) is 0 Å². The van der Waals surface area contributed by atoms with Crippen molar-refractivity contribution in [1.82, 2.24) is 0 Å². The van der Waals surface area contributed by atoms with Crippen molar-refractivity contribution < 1.29 is 4.39 Å². The largest absolute Gasteiger partial charge is 0.356 e. The third-order valence-electron chi connectivity index (χ3n) is 2.35. The van der Waals surface area contributed by atoms with Crippen molar-refractivity contribution in [1.29, 1.82) is 0 Å². The van der Waals surface area contributed by atoms with Crippen LogP contribution in [0.4, 0.5) is 10.1 Å². The molecule has 1 nitrogen and oxygen atoms in total. The molecule has 2 aromatic rings. The van der Waals surface area contributed by atoms with Crippen molar-refractivity contribution in [2.24, 2.45) is 0 Å². The maximum Gasteiger partial charge on any atom is 0.174 e. The quantitative estimate of drug-likeness (QED) is 0.768. The zero-order valence-corrected chi connectivity index (χ0v) is 8.94. The van der Waals surface area contributed by atoms with Gasteiger partial charge in [-0.3, -0.25) is 0 Å². The minimum absolute atomic E-state index is 0.385. The lowest BCUT2D eigenvalue weighted by atomic mass is 10.1. The number of hydrogen-bond acceptors (Lipinski definition) is 1. The number of halogens is 1. The van der Waals surface area contributed by atoms with Gasteiger partial charge in [-0.05, 0) is 17.7 Å². The maximum absolute atomic E-state index is 13.7. The first-order chi connectivity index (χ1) is 7.84. The molecule has 82 valence electrons. The number of rotatable bonds is 4. The molecule has 0 bridgehead atoms. The van der Waals surface area contributed by atoms with Crippen LogP contribution in [0.25, 0.3) is 0 Å². The Morgan fingerprint density at radius 3 is 2.06 bits per heavy atom. The molecule has 0 heterocycles. The second kappa shape index (κ2) is 5.31. The molecule has 0 radical (unpaired) electrons. The van der Waals surface area contributed by atoms with E-state index in [-0.39, 0.29) is 0 Å². The van der Waals surface area contributed by atoms with Crippen LogP contribution < -0.4 is 5.32 Å². The van der Waals surface area contributed by atoms with Gasteiger partial charge in [-0.25, -0.2) is 4.39 Å². The predicted octanol–water partition coefficient (Wildman–Crippen LogP) is 3.64. The van der Waals surface area contributed by atoms with Crippen molar-refractivity contribution in [2.75, 3.05) is 5.32 Å². The fourth-order valence-electron chi connectivity index (χ4n) is 1.59. The second-order valence-corrected chi connectivity index (χ2v) is 3.67. The molecule has 2 heteroatoms. The average Bonchev–Trinajstić information content (AvgIpc) is 2.31. The van der Waals surface area contributed by atoms with E-state index < -0.39 is 6.30 Å². The topological polar surface area (TPSA) is 12.0 Å². The van der Waals surface area contributed by atoms with Crippen LogP contribution in [0.5, 0.6) is 0 Å². The molecule has 0 aliphatic heterocycles. The number of nitrogens with one attached hydrogen (secondary N) is 1. The molecule has 0 spiro atoms. The number of benzene rings is 2. The van der Waals surface area contributed by atoms with E-state index in [1.807, 2.05) is 60.7 Å². The normalized spacial score (nSPS) is 12.1. The van der Waals surface area contributed by atoms with Gasteiger partial charge in [0.1, 0.15) is 0 Å². The standard InChI is InChI=1S/C14H14FN/c15-14(11-12-7-3-1-4-8-12)16-13-9-5-2-6-10-13/h1-10,14,16H,11H2. The summed E-state index contributed by atoms with van der Waals surface area (Å²) in [5.41, 5.74) is 1.81. The Morgan fingerprint density at radius 2 is 1.44 bits per heavy atom. The summed E-state index contributed by atoms with van der Waals surface area (Å²) in [5.74, 6) is 0. The molecule has 1 N–H and O–H groups in total. The summed E-state index contributed by atoms with van der Waals surface area (Å²) in [4.78, 5) is 0. The lowest BCUT2D eigenvalue weighted by Crippen LogP contribution is -2.16. The van der Waals surface area contributed by atoms with Crippen molar-refractivity contribution in [3.63, 3.8) is 0 Å². The van der Waals surface area contributed by atoms with Crippen LogP contribution in [-0.4, -0.2) is 6.30 Å².